The third-order valence-corrected chi connectivity index (χ3v) is 4.03. The number of benzene rings is 1. The molecular weight excluding hydrogens is 354 g/mol. The molecule has 1 N–H and O–H groups in total. The van der Waals surface area contributed by atoms with Gasteiger partial charge in [-0.1, -0.05) is 12.1 Å². The third-order valence-electron chi connectivity index (χ3n) is 4.03. The van der Waals surface area contributed by atoms with Crippen molar-refractivity contribution in [2.75, 3.05) is 14.2 Å². The van der Waals surface area contributed by atoms with Gasteiger partial charge in [0.25, 0.3) is 5.69 Å². The van der Waals surface area contributed by atoms with Crippen molar-refractivity contribution in [3.8, 4) is 0 Å². The van der Waals surface area contributed by atoms with Gasteiger partial charge in [-0.05, 0) is 25.5 Å². The van der Waals surface area contributed by atoms with Crippen LogP contribution in [0.5, 0.6) is 0 Å². The van der Waals surface area contributed by atoms with Crippen molar-refractivity contribution >= 4 is 17.7 Å². The molecular formula is C18H21N3O6. The maximum atomic E-state index is 12.4. The van der Waals surface area contributed by atoms with Crippen molar-refractivity contribution in [1.29, 1.82) is 0 Å². The van der Waals surface area contributed by atoms with Gasteiger partial charge in [-0.2, -0.15) is 0 Å². The number of aryl methyl sites for hydroxylation is 1. The van der Waals surface area contributed by atoms with Crippen LogP contribution in [0, 0.1) is 17.0 Å². The highest BCUT2D eigenvalue weighted by molar-refractivity contribution is 5.90. The summed E-state index contributed by atoms with van der Waals surface area (Å²) in [6.45, 7) is 3.52. The summed E-state index contributed by atoms with van der Waals surface area (Å²) in [5.41, 5.74) is 0.891. The van der Waals surface area contributed by atoms with Crippen LogP contribution in [-0.2, 0) is 11.3 Å². The molecule has 1 unspecified atom stereocenters. The fourth-order valence-corrected chi connectivity index (χ4v) is 2.53. The van der Waals surface area contributed by atoms with Crippen LogP contribution in [0.3, 0.4) is 0 Å². The van der Waals surface area contributed by atoms with Gasteiger partial charge in [0.05, 0.1) is 24.6 Å². The quantitative estimate of drug-likeness (QED) is 0.471. The highest BCUT2D eigenvalue weighted by Crippen LogP contribution is 2.20. The first-order valence-electron chi connectivity index (χ1n) is 8.16. The molecule has 1 aromatic heterocycles. The van der Waals surface area contributed by atoms with E-state index in [1.807, 2.05) is 0 Å². The van der Waals surface area contributed by atoms with E-state index in [2.05, 4.69) is 10.1 Å². The first-order chi connectivity index (χ1) is 12.7. The topological polar surface area (TPSA) is 115 Å². The molecule has 0 spiro atoms. The molecule has 0 bridgehead atoms. The van der Waals surface area contributed by atoms with Crippen LogP contribution in [0.25, 0.3) is 0 Å². The van der Waals surface area contributed by atoms with E-state index in [9.17, 15) is 19.7 Å². The van der Waals surface area contributed by atoms with E-state index in [0.717, 1.165) is 0 Å². The summed E-state index contributed by atoms with van der Waals surface area (Å²) in [6, 6.07) is 6.81. The van der Waals surface area contributed by atoms with Crippen molar-refractivity contribution in [2.24, 2.45) is 0 Å². The lowest BCUT2D eigenvalue weighted by atomic mass is 10.1. The van der Waals surface area contributed by atoms with Crippen molar-refractivity contribution < 1.29 is 23.7 Å². The predicted molar refractivity (Wildman–Crippen MR) is 96.3 cm³/mol. The molecule has 2 amide bonds. The van der Waals surface area contributed by atoms with Crippen LogP contribution >= 0.6 is 0 Å². The summed E-state index contributed by atoms with van der Waals surface area (Å²) in [5, 5.41) is 13.6. The minimum absolute atomic E-state index is 0.0386. The maximum Gasteiger partial charge on any atom is 0.341 e. The number of nitro benzene ring substituents is 1. The number of ether oxygens (including phenoxy) is 1. The number of esters is 1. The van der Waals surface area contributed by atoms with Gasteiger partial charge in [0.1, 0.15) is 17.1 Å². The molecule has 2 rings (SSSR count). The van der Waals surface area contributed by atoms with Gasteiger partial charge in [0.15, 0.2) is 0 Å². The number of nitrogens with one attached hydrogen (secondary N) is 1. The van der Waals surface area contributed by atoms with Gasteiger partial charge >= 0.3 is 12.0 Å². The summed E-state index contributed by atoms with van der Waals surface area (Å²) in [5.74, 6) is 0.345. The molecule has 0 saturated heterocycles. The number of methoxy groups -OCH3 is 1. The lowest BCUT2D eigenvalue weighted by molar-refractivity contribution is -0.384. The van der Waals surface area contributed by atoms with Gasteiger partial charge < -0.3 is 19.4 Å². The number of carbonyl (C=O) groups is 2. The first-order valence-corrected chi connectivity index (χ1v) is 8.16. The van der Waals surface area contributed by atoms with Crippen LogP contribution in [0.2, 0.25) is 0 Å². The number of hydrogen-bond acceptors (Lipinski definition) is 6. The predicted octanol–water partition coefficient (Wildman–Crippen LogP) is 3.19. The number of nitro groups is 1. The van der Waals surface area contributed by atoms with Crippen LogP contribution in [0.1, 0.15) is 40.4 Å². The Morgan fingerprint density at radius 1 is 1.37 bits per heavy atom. The second kappa shape index (κ2) is 8.35. The van der Waals surface area contributed by atoms with E-state index in [0.29, 0.717) is 22.6 Å². The van der Waals surface area contributed by atoms with E-state index < -0.39 is 16.9 Å². The molecule has 1 aromatic carbocycles. The molecule has 9 heteroatoms. The standard InChI is InChI=1S/C18H21N3O6/c1-11(13-6-5-7-14(8-13)21(24)25)19-18(23)20(3)10-15-9-16(12(2)27-15)17(22)26-4/h5-9,11H,10H2,1-4H3,(H,19,23). The molecule has 27 heavy (non-hydrogen) atoms. The van der Waals surface area contributed by atoms with Crippen LogP contribution in [0.15, 0.2) is 34.7 Å². The molecule has 0 saturated carbocycles. The Hall–Kier alpha value is -3.36. The van der Waals surface area contributed by atoms with E-state index in [4.69, 9.17) is 4.42 Å². The van der Waals surface area contributed by atoms with Gasteiger partial charge in [-0.3, -0.25) is 10.1 Å². The monoisotopic (exact) mass is 375 g/mol. The average molecular weight is 375 g/mol. The van der Waals surface area contributed by atoms with Gasteiger partial charge in [0.2, 0.25) is 0 Å². The number of non-ortho nitro benzene ring substituents is 1. The number of rotatable bonds is 6. The zero-order valence-corrected chi connectivity index (χ0v) is 15.5. The molecule has 9 nitrogen and oxygen atoms in total. The summed E-state index contributed by atoms with van der Waals surface area (Å²) in [6.07, 6.45) is 0. The first kappa shape index (κ1) is 20.0. The summed E-state index contributed by atoms with van der Waals surface area (Å²) < 4.78 is 10.2. The van der Waals surface area contributed by atoms with E-state index in [1.165, 1.54) is 30.2 Å². The van der Waals surface area contributed by atoms with E-state index in [-0.39, 0.29) is 18.3 Å². The Morgan fingerprint density at radius 3 is 2.70 bits per heavy atom. The SMILES string of the molecule is COC(=O)c1cc(CN(C)C(=O)NC(C)c2cccc([N+](=O)[O-])c2)oc1C. The molecule has 0 aliphatic heterocycles. The molecule has 0 aliphatic rings. The highest BCUT2D eigenvalue weighted by Gasteiger charge is 2.19. The Morgan fingerprint density at radius 2 is 2.07 bits per heavy atom. The molecule has 1 atom stereocenters. The summed E-state index contributed by atoms with van der Waals surface area (Å²) in [7, 11) is 2.86. The zero-order chi connectivity index (χ0) is 20.1. The van der Waals surface area contributed by atoms with Crippen LogP contribution < -0.4 is 5.32 Å². The van der Waals surface area contributed by atoms with E-state index >= 15 is 0 Å². The minimum atomic E-state index is -0.506. The smallest absolute Gasteiger partial charge is 0.341 e. The highest BCUT2D eigenvalue weighted by atomic mass is 16.6. The maximum absolute atomic E-state index is 12.4. The number of furan rings is 1. The summed E-state index contributed by atoms with van der Waals surface area (Å²) >= 11 is 0. The molecule has 0 fully saturated rings. The van der Waals surface area contributed by atoms with Crippen molar-refractivity contribution in [2.45, 2.75) is 26.4 Å². The Bertz CT molecular complexity index is 861. The largest absolute Gasteiger partial charge is 0.465 e. The van der Waals surface area contributed by atoms with Gasteiger partial charge in [-0.15, -0.1) is 0 Å². The fraction of sp³-hybridized carbons (Fsp3) is 0.333. The molecule has 2 aromatic rings. The Labute approximate surface area is 156 Å². The number of nitrogens with zero attached hydrogens (tertiary/aromatic N) is 2. The second-order valence-corrected chi connectivity index (χ2v) is 6.05. The molecule has 144 valence electrons. The number of amides is 2. The number of hydrogen-bond donors (Lipinski definition) is 1. The van der Waals surface area contributed by atoms with Gasteiger partial charge in [0, 0.05) is 19.2 Å². The summed E-state index contributed by atoms with van der Waals surface area (Å²) in [4.78, 5) is 35.8. The third kappa shape index (κ3) is 4.84. The number of urea groups is 1. The molecule has 1 heterocycles. The van der Waals surface area contributed by atoms with Crippen LogP contribution in [-0.4, -0.2) is 36.0 Å². The molecule has 0 aliphatic carbocycles. The second-order valence-electron chi connectivity index (χ2n) is 6.05. The lowest BCUT2D eigenvalue weighted by Crippen LogP contribution is -2.38. The average Bonchev–Trinajstić information content (AvgIpc) is 3.01. The Balaban J connectivity index is 2.02. The van der Waals surface area contributed by atoms with Crippen molar-refractivity contribution in [1.82, 2.24) is 10.2 Å². The van der Waals surface area contributed by atoms with Crippen LogP contribution in [0.4, 0.5) is 10.5 Å². The lowest BCUT2D eigenvalue weighted by Gasteiger charge is -2.20. The number of carbonyl (C=O) groups excluding carboxylic acids is 2. The fourth-order valence-electron chi connectivity index (χ4n) is 2.53. The minimum Gasteiger partial charge on any atom is -0.465 e. The normalized spacial score (nSPS) is 11.6. The van der Waals surface area contributed by atoms with Crippen molar-refractivity contribution in [3.05, 3.63) is 63.1 Å². The van der Waals surface area contributed by atoms with E-state index in [1.54, 1.807) is 33.0 Å². The van der Waals surface area contributed by atoms with Crippen molar-refractivity contribution in [3.63, 3.8) is 0 Å². The molecule has 0 radical (unpaired) electrons. The van der Waals surface area contributed by atoms with Gasteiger partial charge in [-0.25, -0.2) is 9.59 Å². The zero-order valence-electron chi connectivity index (χ0n) is 15.5. The Kier molecular flexibility index (Phi) is 6.17.